The standard InChI is InChI=1S/C22H23N3OS/c1-14-10-11-18(15(2)12-14)24-22-25-20(13-27-22)21(26)23-19-9-5-7-16-6-3-4-8-17(16)19/h3-4,6,8,10-13,19H,5,7,9H2,1-2H3,(H,23,26)(H,24,25). The Morgan fingerprint density at radius 1 is 1.19 bits per heavy atom. The monoisotopic (exact) mass is 377 g/mol. The zero-order valence-electron chi connectivity index (χ0n) is 15.6. The van der Waals surface area contributed by atoms with Gasteiger partial charge in [0.15, 0.2) is 5.13 Å². The minimum absolute atomic E-state index is 0.0694. The Balaban J connectivity index is 1.46. The molecule has 2 aromatic carbocycles. The van der Waals surface area contributed by atoms with Crippen LogP contribution in [-0.4, -0.2) is 10.9 Å². The Labute approximate surface area is 163 Å². The molecule has 27 heavy (non-hydrogen) atoms. The smallest absolute Gasteiger partial charge is 0.271 e. The van der Waals surface area contributed by atoms with Gasteiger partial charge in [0.2, 0.25) is 0 Å². The van der Waals surface area contributed by atoms with Crippen molar-refractivity contribution in [3.8, 4) is 0 Å². The lowest BCUT2D eigenvalue weighted by atomic mass is 9.88. The van der Waals surface area contributed by atoms with Crippen molar-refractivity contribution in [2.75, 3.05) is 5.32 Å². The molecule has 4 rings (SSSR count). The first-order valence-electron chi connectivity index (χ1n) is 9.28. The molecular formula is C22H23N3OS. The van der Waals surface area contributed by atoms with Gasteiger partial charge in [-0.15, -0.1) is 11.3 Å². The van der Waals surface area contributed by atoms with Gasteiger partial charge in [0.25, 0.3) is 5.91 Å². The van der Waals surface area contributed by atoms with Crippen LogP contribution < -0.4 is 10.6 Å². The van der Waals surface area contributed by atoms with Gasteiger partial charge in [-0.25, -0.2) is 4.98 Å². The van der Waals surface area contributed by atoms with Crippen molar-refractivity contribution < 1.29 is 4.79 Å². The van der Waals surface area contributed by atoms with Crippen molar-refractivity contribution in [1.82, 2.24) is 10.3 Å². The summed E-state index contributed by atoms with van der Waals surface area (Å²) < 4.78 is 0. The van der Waals surface area contributed by atoms with Crippen LogP contribution in [0.25, 0.3) is 0 Å². The number of hydrogen-bond donors (Lipinski definition) is 2. The van der Waals surface area contributed by atoms with E-state index in [1.807, 2.05) is 17.5 Å². The molecular weight excluding hydrogens is 354 g/mol. The van der Waals surface area contributed by atoms with E-state index in [2.05, 4.69) is 59.8 Å². The summed E-state index contributed by atoms with van der Waals surface area (Å²) in [5.74, 6) is -0.110. The number of carbonyl (C=O) groups is 1. The number of rotatable bonds is 4. The summed E-state index contributed by atoms with van der Waals surface area (Å²) in [4.78, 5) is 17.2. The molecule has 0 spiro atoms. The van der Waals surface area contributed by atoms with Gasteiger partial charge in [-0.05, 0) is 55.9 Å². The van der Waals surface area contributed by atoms with E-state index in [0.29, 0.717) is 5.69 Å². The minimum Gasteiger partial charge on any atom is -0.344 e. The van der Waals surface area contributed by atoms with E-state index in [1.165, 1.54) is 28.0 Å². The van der Waals surface area contributed by atoms with Crippen molar-refractivity contribution in [3.05, 3.63) is 75.8 Å². The molecule has 0 saturated heterocycles. The van der Waals surface area contributed by atoms with Crippen LogP contribution in [0, 0.1) is 13.8 Å². The Hall–Kier alpha value is -2.66. The fourth-order valence-electron chi connectivity index (χ4n) is 3.64. The molecule has 1 unspecified atom stereocenters. The molecule has 0 saturated carbocycles. The summed E-state index contributed by atoms with van der Waals surface area (Å²) in [5, 5.41) is 9.03. The Bertz CT molecular complexity index is 979. The molecule has 0 bridgehead atoms. The molecule has 0 fully saturated rings. The number of fused-ring (bicyclic) bond motifs is 1. The molecule has 1 amide bonds. The third kappa shape index (κ3) is 3.88. The van der Waals surface area contributed by atoms with Crippen molar-refractivity contribution in [2.24, 2.45) is 0 Å². The number of anilines is 2. The Morgan fingerprint density at radius 2 is 2.04 bits per heavy atom. The minimum atomic E-state index is -0.110. The molecule has 1 atom stereocenters. The lowest BCUT2D eigenvalue weighted by Crippen LogP contribution is -2.31. The second kappa shape index (κ2) is 7.53. The third-order valence-corrected chi connectivity index (χ3v) is 5.79. The molecule has 1 aromatic heterocycles. The number of nitrogens with one attached hydrogen (secondary N) is 2. The number of thiazole rings is 1. The lowest BCUT2D eigenvalue weighted by molar-refractivity contribution is 0.0928. The number of aromatic nitrogens is 1. The molecule has 0 radical (unpaired) electrons. The summed E-state index contributed by atoms with van der Waals surface area (Å²) in [6.07, 6.45) is 3.16. The van der Waals surface area contributed by atoms with Crippen molar-refractivity contribution in [1.29, 1.82) is 0 Å². The molecule has 4 nitrogen and oxygen atoms in total. The molecule has 2 N–H and O–H groups in total. The second-order valence-electron chi connectivity index (χ2n) is 7.10. The Morgan fingerprint density at radius 3 is 2.89 bits per heavy atom. The first-order chi connectivity index (χ1) is 13.1. The largest absolute Gasteiger partial charge is 0.344 e. The zero-order valence-corrected chi connectivity index (χ0v) is 16.4. The van der Waals surface area contributed by atoms with Crippen LogP contribution >= 0.6 is 11.3 Å². The normalized spacial score (nSPS) is 15.9. The van der Waals surface area contributed by atoms with Gasteiger partial charge in [-0.2, -0.15) is 0 Å². The zero-order chi connectivity index (χ0) is 18.8. The molecule has 1 heterocycles. The SMILES string of the molecule is Cc1ccc(Nc2nc(C(=O)NC3CCCc4ccccc43)cs2)c(C)c1. The molecule has 1 aliphatic carbocycles. The molecule has 5 heteroatoms. The van der Waals surface area contributed by atoms with E-state index in [4.69, 9.17) is 0 Å². The van der Waals surface area contributed by atoms with E-state index < -0.39 is 0 Å². The van der Waals surface area contributed by atoms with Gasteiger partial charge in [-0.3, -0.25) is 4.79 Å². The first-order valence-corrected chi connectivity index (χ1v) is 10.2. The summed E-state index contributed by atoms with van der Waals surface area (Å²) in [7, 11) is 0. The van der Waals surface area contributed by atoms with Crippen molar-refractivity contribution in [2.45, 2.75) is 39.2 Å². The summed E-state index contributed by atoms with van der Waals surface area (Å²) in [5.41, 5.74) is 6.45. The predicted octanol–water partition coefficient (Wildman–Crippen LogP) is 5.31. The number of amides is 1. The van der Waals surface area contributed by atoms with Gasteiger partial charge >= 0.3 is 0 Å². The van der Waals surface area contributed by atoms with Crippen LogP contribution in [0.3, 0.4) is 0 Å². The van der Waals surface area contributed by atoms with Crippen LogP contribution in [-0.2, 0) is 6.42 Å². The first kappa shape index (κ1) is 17.7. The summed E-state index contributed by atoms with van der Waals surface area (Å²) in [6, 6.07) is 14.7. The van der Waals surface area contributed by atoms with Crippen LogP contribution in [0.15, 0.2) is 47.8 Å². The fraction of sp³-hybridized carbons (Fsp3) is 0.273. The van der Waals surface area contributed by atoms with Gasteiger partial charge in [0.1, 0.15) is 5.69 Å². The molecule has 0 aliphatic heterocycles. The van der Waals surface area contributed by atoms with Gasteiger partial charge in [0, 0.05) is 11.1 Å². The number of carbonyl (C=O) groups excluding carboxylic acids is 1. The lowest BCUT2D eigenvalue weighted by Gasteiger charge is -2.26. The fourth-order valence-corrected chi connectivity index (χ4v) is 4.34. The quantitative estimate of drug-likeness (QED) is 0.648. The third-order valence-electron chi connectivity index (χ3n) is 5.04. The number of nitrogens with zero attached hydrogens (tertiary/aromatic N) is 1. The van der Waals surface area contributed by atoms with E-state index in [1.54, 1.807) is 0 Å². The van der Waals surface area contributed by atoms with Crippen LogP contribution in [0.1, 0.15) is 51.6 Å². The average Bonchev–Trinajstić information content (AvgIpc) is 3.13. The van der Waals surface area contributed by atoms with Crippen LogP contribution in [0.2, 0.25) is 0 Å². The maximum Gasteiger partial charge on any atom is 0.271 e. The molecule has 3 aromatic rings. The van der Waals surface area contributed by atoms with E-state index >= 15 is 0 Å². The Kier molecular flexibility index (Phi) is 4.94. The van der Waals surface area contributed by atoms with Gasteiger partial charge < -0.3 is 10.6 Å². The van der Waals surface area contributed by atoms with Crippen molar-refractivity contribution >= 4 is 28.1 Å². The number of hydrogen-bond acceptors (Lipinski definition) is 4. The average molecular weight is 378 g/mol. The molecule has 1 aliphatic rings. The highest BCUT2D eigenvalue weighted by Gasteiger charge is 2.23. The second-order valence-corrected chi connectivity index (χ2v) is 7.96. The maximum atomic E-state index is 12.7. The van der Waals surface area contributed by atoms with Crippen molar-refractivity contribution in [3.63, 3.8) is 0 Å². The van der Waals surface area contributed by atoms with Crippen LogP contribution in [0.5, 0.6) is 0 Å². The number of benzene rings is 2. The topological polar surface area (TPSA) is 54.0 Å². The highest BCUT2D eigenvalue weighted by Crippen LogP contribution is 2.30. The van der Waals surface area contributed by atoms with E-state index in [9.17, 15) is 4.79 Å². The van der Waals surface area contributed by atoms with Gasteiger partial charge in [0.05, 0.1) is 6.04 Å². The highest BCUT2D eigenvalue weighted by atomic mass is 32.1. The van der Waals surface area contributed by atoms with Crippen LogP contribution in [0.4, 0.5) is 10.8 Å². The number of aryl methyl sites for hydroxylation is 3. The predicted molar refractivity (Wildman–Crippen MR) is 111 cm³/mol. The van der Waals surface area contributed by atoms with E-state index in [-0.39, 0.29) is 11.9 Å². The summed E-state index contributed by atoms with van der Waals surface area (Å²) in [6.45, 7) is 4.14. The highest BCUT2D eigenvalue weighted by molar-refractivity contribution is 7.14. The maximum absolute atomic E-state index is 12.7. The molecule has 138 valence electrons. The van der Waals surface area contributed by atoms with E-state index in [0.717, 1.165) is 35.6 Å². The summed E-state index contributed by atoms with van der Waals surface area (Å²) >= 11 is 1.45. The van der Waals surface area contributed by atoms with Gasteiger partial charge in [-0.1, -0.05) is 42.0 Å².